The van der Waals surface area contributed by atoms with Crippen molar-refractivity contribution in [3.8, 4) is 22.3 Å². The second kappa shape index (κ2) is 6.28. The third kappa shape index (κ3) is 2.23. The summed E-state index contributed by atoms with van der Waals surface area (Å²) in [4.78, 5) is 7.06. The number of anilines is 3. The molecular formula is C33H22N2. The molecule has 35 heavy (non-hydrogen) atoms. The van der Waals surface area contributed by atoms with Crippen molar-refractivity contribution < 1.29 is 0 Å². The number of hydrogen-bond acceptors (Lipinski definition) is 2. The zero-order valence-corrected chi connectivity index (χ0v) is 19.3. The first-order chi connectivity index (χ1) is 17.3. The van der Waals surface area contributed by atoms with Gasteiger partial charge in [0.1, 0.15) is 0 Å². The van der Waals surface area contributed by atoms with E-state index in [1.165, 1.54) is 83.8 Å². The smallest absolute Gasteiger partial charge is 0.0539 e. The number of nitrogens with zero attached hydrogens (tertiary/aromatic N) is 2. The van der Waals surface area contributed by atoms with Crippen molar-refractivity contribution >= 4 is 17.1 Å². The van der Waals surface area contributed by atoms with E-state index >= 15 is 0 Å². The van der Waals surface area contributed by atoms with Crippen molar-refractivity contribution in [2.45, 2.75) is 25.7 Å². The molecule has 0 radical (unpaired) electrons. The first-order valence-electron chi connectivity index (χ1n) is 12.6. The van der Waals surface area contributed by atoms with Crippen LogP contribution in [-0.2, 0) is 25.7 Å². The van der Waals surface area contributed by atoms with Gasteiger partial charge in [-0.05, 0) is 91.7 Å². The van der Waals surface area contributed by atoms with E-state index in [1.54, 1.807) is 0 Å². The summed E-state index contributed by atoms with van der Waals surface area (Å²) in [7, 11) is 0. The minimum absolute atomic E-state index is 0.948. The molecule has 0 bridgehead atoms. The summed E-state index contributed by atoms with van der Waals surface area (Å²) in [5, 5.41) is 0. The van der Waals surface area contributed by atoms with Crippen LogP contribution in [0.3, 0.4) is 0 Å². The maximum Gasteiger partial charge on any atom is 0.0539 e. The largest absolute Gasteiger partial charge is 0.309 e. The molecule has 0 fully saturated rings. The van der Waals surface area contributed by atoms with Gasteiger partial charge in [0.15, 0.2) is 0 Å². The highest BCUT2D eigenvalue weighted by Gasteiger charge is 2.37. The predicted octanol–water partition coefficient (Wildman–Crippen LogP) is 7.50. The second-order valence-corrected chi connectivity index (χ2v) is 10.4. The van der Waals surface area contributed by atoms with Gasteiger partial charge in [-0.15, -0.1) is 0 Å². The number of rotatable bonds is 0. The number of fused-ring (bicyclic) bond motifs is 12. The molecule has 0 saturated carbocycles. The number of aromatic nitrogens is 1. The Labute approximate surface area is 204 Å². The number of para-hydroxylation sites is 1. The van der Waals surface area contributed by atoms with Crippen LogP contribution in [0.25, 0.3) is 22.3 Å². The van der Waals surface area contributed by atoms with Crippen LogP contribution in [0.1, 0.15) is 44.5 Å². The summed E-state index contributed by atoms with van der Waals surface area (Å²) in [5.41, 5.74) is 21.5. The van der Waals surface area contributed by atoms with Gasteiger partial charge in [0, 0.05) is 30.9 Å². The molecule has 2 aliphatic carbocycles. The third-order valence-electron chi connectivity index (χ3n) is 8.59. The van der Waals surface area contributed by atoms with E-state index in [2.05, 4.69) is 88.9 Å². The van der Waals surface area contributed by atoms with Gasteiger partial charge in [-0.25, -0.2) is 0 Å². The summed E-state index contributed by atoms with van der Waals surface area (Å²) in [6.45, 7) is 0. The van der Waals surface area contributed by atoms with Crippen molar-refractivity contribution in [2.75, 3.05) is 4.90 Å². The van der Waals surface area contributed by atoms with E-state index in [0.717, 1.165) is 25.7 Å². The Balaban J connectivity index is 1.36. The van der Waals surface area contributed by atoms with Crippen LogP contribution in [-0.4, -0.2) is 4.98 Å². The van der Waals surface area contributed by atoms with E-state index in [1.807, 2.05) is 6.20 Å². The number of hydrogen-bond donors (Lipinski definition) is 0. The van der Waals surface area contributed by atoms with E-state index in [0.29, 0.717) is 0 Å². The molecule has 2 heteroatoms. The van der Waals surface area contributed by atoms with Gasteiger partial charge in [0.25, 0.3) is 0 Å². The molecule has 2 nitrogen and oxygen atoms in total. The van der Waals surface area contributed by atoms with Crippen LogP contribution in [0.5, 0.6) is 0 Å². The highest BCUT2D eigenvalue weighted by molar-refractivity contribution is 5.98. The van der Waals surface area contributed by atoms with E-state index in [9.17, 15) is 0 Å². The quantitative estimate of drug-likeness (QED) is 0.240. The van der Waals surface area contributed by atoms with Gasteiger partial charge in [-0.3, -0.25) is 4.98 Å². The maximum atomic E-state index is 4.53. The van der Waals surface area contributed by atoms with Crippen LogP contribution in [0.2, 0.25) is 0 Å². The highest BCUT2D eigenvalue weighted by Crippen LogP contribution is 2.56. The topological polar surface area (TPSA) is 16.1 Å². The summed E-state index contributed by atoms with van der Waals surface area (Å²) >= 11 is 0. The van der Waals surface area contributed by atoms with Crippen LogP contribution < -0.4 is 4.90 Å². The molecule has 0 spiro atoms. The molecule has 4 aliphatic rings. The Morgan fingerprint density at radius 3 is 2.29 bits per heavy atom. The summed E-state index contributed by atoms with van der Waals surface area (Å²) in [5.74, 6) is 0. The standard InChI is InChI=1S/C33H22N2/c1-3-7-25-19(5-1)16-27-26(25)10-9-21-14-22-15-23-13-20-6-2-4-8-29(20)35-30-11-12-34-18-24(30)17-28(33(23)35)32(22)31(21)27/h1-12,15,18H,13-14,16-17H2. The fourth-order valence-electron chi connectivity index (χ4n) is 7.24. The van der Waals surface area contributed by atoms with Crippen LogP contribution in [0.4, 0.5) is 17.1 Å². The fourth-order valence-corrected chi connectivity index (χ4v) is 7.24. The lowest BCUT2D eigenvalue weighted by atomic mass is 9.81. The van der Waals surface area contributed by atoms with Gasteiger partial charge in [-0.2, -0.15) is 0 Å². The monoisotopic (exact) mass is 446 g/mol. The molecule has 3 heterocycles. The SMILES string of the molecule is c1ccc2c(c1)Cc1c-2ccc2c1-c1c(cc3c4c1Cc1cnccc1N4c1ccccc1C3)C2. The zero-order chi connectivity index (χ0) is 22.7. The van der Waals surface area contributed by atoms with Gasteiger partial charge in [0.05, 0.1) is 11.4 Å². The molecular weight excluding hydrogens is 424 g/mol. The van der Waals surface area contributed by atoms with Crippen molar-refractivity contribution in [1.29, 1.82) is 0 Å². The second-order valence-electron chi connectivity index (χ2n) is 10.4. The summed E-state index contributed by atoms with van der Waals surface area (Å²) in [6, 6.07) is 27.4. The minimum Gasteiger partial charge on any atom is -0.309 e. The Bertz CT molecular complexity index is 1750. The lowest BCUT2D eigenvalue weighted by Gasteiger charge is -2.40. The molecule has 4 aromatic carbocycles. The number of benzene rings is 4. The highest BCUT2D eigenvalue weighted by atomic mass is 15.2. The van der Waals surface area contributed by atoms with Crippen molar-refractivity contribution in [1.82, 2.24) is 4.98 Å². The van der Waals surface area contributed by atoms with Gasteiger partial charge < -0.3 is 4.90 Å². The molecule has 5 aromatic rings. The van der Waals surface area contributed by atoms with Gasteiger partial charge in [-0.1, -0.05) is 60.7 Å². The zero-order valence-electron chi connectivity index (χ0n) is 19.3. The maximum absolute atomic E-state index is 4.53. The average Bonchev–Trinajstić information content (AvgIpc) is 3.46. The van der Waals surface area contributed by atoms with E-state index in [-0.39, 0.29) is 0 Å². The Morgan fingerprint density at radius 2 is 1.31 bits per heavy atom. The van der Waals surface area contributed by atoms with Gasteiger partial charge >= 0.3 is 0 Å². The average molecular weight is 447 g/mol. The summed E-state index contributed by atoms with van der Waals surface area (Å²) < 4.78 is 0. The summed E-state index contributed by atoms with van der Waals surface area (Å²) in [6.07, 6.45) is 8.04. The Hall–Kier alpha value is -4.17. The van der Waals surface area contributed by atoms with Crippen LogP contribution >= 0.6 is 0 Å². The Morgan fingerprint density at radius 1 is 0.543 bits per heavy atom. The lowest BCUT2D eigenvalue weighted by Crippen LogP contribution is -2.25. The van der Waals surface area contributed by atoms with Crippen molar-refractivity contribution in [2.24, 2.45) is 0 Å². The van der Waals surface area contributed by atoms with Crippen LogP contribution in [0, 0.1) is 0 Å². The molecule has 0 amide bonds. The lowest BCUT2D eigenvalue weighted by molar-refractivity contribution is 0.996. The normalized spacial score (nSPS) is 14.9. The van der Waals surface area contributed by atoms with E-state index < -0.39 is 0 Å². The van der Waals surface area contributed by atoms with Crippen molar-refractivity contribution in [3.63, 3.8) is 0 Å². The Kier molecular flexibility index (Phi) is 3.27. The van der Waals surface area contributed by atoms with Crippen molar-refractivity contribution in [3.05, 3.63) is 130 Å². The molecule has 0 N–H and O–H groups in total. The third-order valence-corrected chi connectivity index (χ3v) is 8.59. The van der Waals surface area contributed by atoms with E-state index in [4.69, 9.17) is 0 Å². The minimum atomic E-state index is 0.948. The molecule has 0 unspecified atom stereocenters. The molecule has 9 rings (SSSR count). The molecule has 2 aliphatic heterocycles. The molecule has 0 saturated heterocycles. The van der Waals surface area contributed by atoms with Gasteiger partial charge in [0.2, 0.25) is 0 Å². The molecule has 164 valence electrons. The van der Waals surface area contributed by atoms with Crippen LogP contribution in [0.15, 0.2) is 85.2 Å². The number of pyridine rings is 1. The first kappa shape index (κ1) is 18.2. The first-order valence-corrected chi connectivity index (χ1v) is 12.6. The fraction of sp³-hybridized carbons (Fsp3) is 0.121. The predicted molar refractivity (Wildman–Crippen MR) is 141 cm³/mol. The molecule has 1 aromatic heterocycles. The molecule has 0 atom stereocenters.